The second-order valence-corrected chi connectivity index (χ2v) is 8.33. The molecule has 0 radical (unpaired) electrons. The van der Waals surface area contributed by atoms with Crippen molar-refractivity contribution in [2.45, 2.75) is 0 Å². The van der Waals surface area contributed by atoms with E-state index in [-0.39, 0.29) is 0 Å². The molecule has 24 heavy (non-hydrogen) atoms. The predicted octanol–water partition coefficient (Wildman–Crippen LogP) is 4.25. The maximum absolute atomic E-state index is 5.98. The van der Waals surface area contributed by atoms with Gasteiger partial charge in [0.05, 0.1) is 18.6 Å². The number of terminal acetylenes is 2. The summed E-state index contributed by atoms with van der Waals surface area (Å²) < 4.78 is 0. The number of hydrogen-bond donors (Lipinski definition) is 1. The summed E-state index contributed by atoms with van der Waals surface area (Å²) in [6.07, 6.45) is 12.4. The van der Waals surface area contributed by atoms with Gasteiger partial charge in [-0.25, -0.2) is 0 Å². The van der Waals surface area contributed by atoms with Crippen LogP contribution in [0.3, 0.4) is 0 Å². The number of fused-ring (bicyclic) bond motifs is 1. The fourth-order valence-electron chi connectivity index (χ4n) is 2.10. The third-order valence-electron chi connectivity index (χ3n) is 3.08. The van der Waals surface area contributed by atoms with E-state index in [0.29, 0.717) is 18.1 Å². The Morgan fingerprint density at radius 2 is 1.83 bits per heavy atom. The Hall–Kier alpha value is -0.932. The number of nitrogens with one attached hydrogen (secondary N) is 1. The molecule has 0 bridgehead atoms. The van der Waals surface area contributed by atoms with Gasteiger partial charge in [-0.05, 0) is 24.3 Å². The number of rotatable bonds is 6. The van der Waals surface area contributed by atoms with E-state index in [1.807, 2.05) is 29.2 Å². The molecule has 7 heteroatoms. The van der Waals surface area contributed by atoms with Crippen molar-refractivity contribution in [3.05, 3.63) is 35.5 Å². The Kier molecular flexibility index (Phi) is 10.9. The van der Waals surface area contributed by atoms with Gasteiger partial charge >= 0.3 is 35.3 Å². The Balaban J connectivity index is 0.000000891. The summed E-state index contributed by atoms with van der Waals surface area (Å²) in [5.41, 5.74) is 1.90. The zero-order valence-corrected chi connectivity index (χ0v) is 17.3. The van der Waals surface area contributed by atoms with E-state index in [0.717, 1.165) is 29.7 Å². The number of aromatic nitrogens is 1. The van der Waals surface area contributed by atoms with Gasteiger partial charge in [-0.1, -0.05) is 23.4 Å². The van der Waals surface area contributed by atoms with Crippen molar-refractivity contribution in [1.29, 1.82) is 0 Å². The first kappa shape index (κ1) is 21.1. The van der Waals surface area contributed by atoms with Crippen LogP contribution in [0, 0.1) is 24.7 Å². The summed E-state index contributed by atoms with van der Waals surface area (Å²) >= 11 is 5.51. The van der Waals surface area contributed by atoms with Crippen LogP contribution in [0.25, 0.3) is 10.9 Å². The molecule has 1 aromatic carbocycles. The predicted molar refractivity (Wildman–Crippen MR) is 101 cm³/mol. The van der Waals surface area contributed by atoms with Gasteiger partial charge in [0, 0.05) is 35.4 Å². The van der Waals surface area contributed by atoms with E-state index >= 15 is 0 Å². The van der Waals surface area contributed by atoms with Gasteiger partial charge in [0.1, 0.15) is 0 Å². The summed E-state index contributed by atoms with van der Waals surface area (Å²) in [5.74, 6) is 5.23. The van der Waals surface area contributed by atoms with Crippen molar-refractivity contribution in [3.8, 4) is 24.7 Å². The van der Waals surface area contributed by atoms with Gasteiger partial charge in [-0.15, -0.1) is 12.8 Å². The van der Waals surface area contributed by atoms with Crippen molar-refractivity contribution >= 4 is 47.0 Å². The van der Waals surface area contributed by atoms with Crippen LogP contribution < -0.4 is 5.32 Å². The zero-order chi connectivity index (χ0) is 17.8. The summed E-state index contributed by atoms with van der Waals surface area (Å²) in [5, 5.41) is 5.12. The average Bonchev–Trinajstić information content (AvgIpc) is 2.56. The molecule has 0 aliphatic carbocycles. The van der Waals surface area contributed by atoms with Crippen molar-refractivity contribution in [2.75, 3.05) is 31.5 Å². The fraction of sp³-hybridized carbons (Fsp3) is 0.235. The van der Waals surface area contributed by atoms with Crippen molar-refractivity contribution in [3.63, 3.8) is 0 Å². The SMILES string of the molecule is C#CCN(CC#C)CCNc1ccnc2cc(Cl)ccc12.[Cl][Pt+2][Cl]. The summed E-state index contributed by atoms with van der Waals surface area (Å²) in [6, 6.07) is 7.63. The molecule has 2 aromatic rings. The van der Waals surface area contributed by atoms with E-state index in [1.165, 1.54) is 0 Å². The molecule has 0 aliphatic rings. The monoisotopic (exact) mass is 562 g/mol. The van der Waals surface area contributed by atoms with Crippen LogP contribution in [-0.2, 0) is 16.5 Å². The minimum atomic E-state index is -0.472. The molecular formula is C17H16Cl3N3Pt+2. The number of benzene rings is 1. The summed E-state index contributed by atoms with van der Waals surface area (Å²) in [7, 11) is 9.75. The number of nitrogens with zero attached hydrogens (tertiary/aromatic N) is 2. The molecule has 1 heterocycles. The average molecular weight is 564 g/mol. The molecule has 0 spiro atoms. The molecule has 0 aliphatic heterocycles. The molecule has 0 unspecified atom stereocenters. The van der Waals surface area contributed by atoms with Crippen LogP contribution in [0.5, 0.6) is 0 Å². The van der Waals surface area contributed by atoms with Gasteiger partial charge in [0.2, 0.25) is 0 Å². The van der Waals surface area contributed by atoms with Crippen LogP contribution in [0.15, 0.2) is 30.5 Å². The first-order chi connectivity index (χ1) is 11.7. The normalized spacial score (nSPS) is 9.92. The van der Waals surface area contributed by atoms with E-state index in [9.17, 15) is 0 Å². The molecule has 0 atom stereocenters. The molecule has 1 aromatic heterocycles. The van der Waals surface area contributed by atoms with E-state index < -0.39 is 16.5 Å². The molecule has 128 valence electrons. The molecule has 2 rings (SSSR count). The quantitative estimate of drug-likeness (QED) is 0.533. The van der Waals surface area contributed by atoms with Gasteiger partial charge in [-0.2, -0.15) is 0 Å². The first-order valence-corrected chi connectivity index (χ1v) is 12.9. The number of pyridine rings is 1. The number of anilines is 1. The topological polar surface area (TPSA) is 28.2 Å². The molecule has 0 amide bonds. The van der Waals surface area contributed by atoms with Crippen molar-refractivity contribution in [2.24, 2.45) is 0 Å². The molecule has 0 saturated heterocycles. The fourth-order valence-corrected chi connectivity index (χ4v) is 2.26. The Labute approximate surface area is 164 Å². The Morgan fingerprint density at radius 1 is 1.17 bits per heavy atom. The van der Waals surface area contributed by atoms with Crippen LogP contribution in [0.1, 0.15) is 0 Å². The van der Waals surface area contributed by atoms with E-state index in [1.54, 1.807) is 6.20 Å². The van der Waals surface area contributed by atoms with Gasteiger partial charge in [0.25, 0.3) is 0 Å². The summed E-state index contributed by atoms with van der Waals surface area (Å²) in [4.78, 5) is 6.35. The standard InChI is InChI=1S/C17H16ClN3.2ClH.Pt/c1-3-10-21(11-4-2)12-9-20-16-7-8-19-17-13-14(18)5-6-15(16)17;;;/h1-2,5-8,13H,9-12H2,(H,19,20);2*1H;/q;;;+4/p-2. The van der Waals surface area contributed by atoms with Crippen molar-refractivity contribution < 1.29 is 16.5 Å². The van der Waals surface area contributed by atoms with Crippen molar-refractivity contribution in [1.82, 2.24) is 9.88 Å². The van der Waals surface area contributed by atoms with Crippen LogP contribution in [0.4, 0.5) is 5.69 Å². The molecule has 3 nitrogen and oxygen atoms in total. The summed E-state index contributed by atoms with van der Waals surface area (Å²) in [6.45, 7) is 2.65. The van der Waals surface area contributed by atoms with Gasteiger partial charge < -0.3 is 5.32 Å². The Bertz CT molecular complexity index is 709. The third-order valence-corrected chi connectivity index (χ3v) is 3.31. The van der Waals surface area contributed by atoms with Crippen LogP contribution in [0.2, 0.25) is 5.02 Å². The number of halogens is 3. The third kappa shape index (κ3) is 7.31. The maximum atomic E-state index is 5.98. The zero-order valence-electron chi connectivity index (χ0n) is 12.7. The van der Waals surface area contributed by atoms with E-state index in [2.05, 4.69) is 22.1 Å². The second kappa shape index (κ2) is 12.4. The first-order valence-electron chi connectivity index (χ1n) is 6.86. The van der Waals surface area contributed by atoms with Crippen LogP contribution in [-0.4, -0.2) is 36.1 Å². The minimum absolute atomic E-state index is 0.472. The molecule has 0 saturated carbocycles. The van der Waals surface area contributed by atoms with Crippen LogP contribution >= 0.6 is 30.4 Å². The molecule has 1 N–H and O–H groups in total. The van der Waals surface area contributed by atoms with E-state index in [4.69, 9.17) is 43.3 Å². The Morgan fingerprint density at radius 3 is 2.46 bits per heavy atom. The van der Waals surface area contributed by atoms with Gasteiger partial charge in [-0.3, -0.25) is 9.88 Å². The molecule has 0 fully saturated rings. The molecular weight excluding hydrogens is 548 g/mol. The van der Waals surface area contributed by atoms with Gasteiger partial charge in [0.15, 0.2) is 0 Å². The second-order valence-electron chi connectivity index (χ2n) is 4.61. The number of hydrogen-bond acceptors (Lipinski definition) is 3.